The van der Waals surface area contributed by atoms with Gasteiger partial charge in [0.2, 0.25) is 0 Å². The second-order valence-corrected chi connectivity index (χ2v) is 4.39. The summed E-state index contributed by atoms with van der Waals surface area (Å²) in [6.45, 7) is 1.73. The van der Waals surface area contributed by atoms with Crippen LogP contribution in [0.4, 0.5) is 13.2 Å². The van der Waals surface area contributed by atoms with Crippen LogP contribution in [0, 0.1) is 0 Å². The van der Waals surface area contributed by atoms with Crippen LogP contribution in [0.1, 0.15) is 31.4 Å². The van der Waals surface area contributed by atoms with Crippen LogP contribution in [0.15, 0.2) is 12.4 Å². The van der Waals surface area contributed by atoms with E-state index in [1.165, 1.54) is 0 Å². The van der Waals surface area contributed by atoms with E-state index in [-0.39, 0.29) is 18.9 Å². The highest BCUT2D eigenvalue weighted by atomic mass is 19.4. The van der Waals surface area contributed by atoms with Crippen LogP contribution in [0.2, 0.25) is 0 Å². The topological polar surface area (TPSA) is 29.9 Å². The van der Waals surface area contributed by atoms with E-state index in [4.69, 9.17) is 0 Å². The molecule has 1 aliphatic rings. The zero-order valence-electron chi connectivity index (χ0n) is 9.17. The molecule has 1 aliphatic carbocycles. The molecular weight excluding hydrogens is 219 g/mol. The van der Waals surface area contributed by atoms with E-state index in [1.807, 2.05) is 0 Å². The van der Waals surface area contributed by atoms with Gasteiger partial charge in [-0.1, -0.05) is 0 Å². The molecule has 1 N–H and O–H groups in total. The summed E-state index contributed by atoms with van der Waals surface area (Å²) in [7, 11) is 1.74. The van der Waals surface area contributed by atoms with Gasteiger partial charge in [0.05, 0.1) is 6.20 Å². The summed E-state index contributed by atoms with van der Waals surface area (Å²) < 4.78 is 39.7. The Kier molecular flexibility index (Phi) is 2.49. The zero-order valence-corrected chi connectivity index (χ0v) is 9.17. The second kappa shape index (κ2) is 3.48. The van der Waals surface area contributed by atoms with Crippen LogP contribution in [-0.4, -0.2) is 21.5 Å². The Balaban J connectivity index is 2.06. The summed E-state index contributed by atoms with van der Waals surface area (Å²) >= 11 is 0. The number of rotatable bonds is 3. The third-order valence-corrected chi connectivity index (χ3v) is 3.01. The molecule has 0 aromatic carbocycles. The van der Waals surface area contributed by atoms with Crippen molar-refractivity contribution in [2.45, 2.75) is 37.5 Å². The highest BCUT2D eigenvalue weighted by molar-refractivity contribution is 5.15. The van der Waals surface area contributed by atoms with Gasteiger partial charge < -0.3 is 0 Å². The van der Waals surface area contributed by atoms with Crippen molar-refractivity contribution in [1.29, 1.82) is 0 Å². The first kappa shape index (κ1) is 11.4. The van der Waals surface area contributed by atoms with Gasteiger partial charge in [0, 0.05) is 24.8 Å². The fraction of sp³-hybridized carbons (Fsp3) is 0.700. The third kappa shape index (κ3) is 1.93. The molecule has 1 aromatic rings. The van der Waals surface area contributed by atoms with Crippen LogP contribution >= 0.6 is 0 Å². The van der Waals surface area contributed by atoms with Gasteiger partial charge in [-0.2, -0.15) is 18.3 Å². The summed E-state index contributed by atoms with van der Waals surface area (Å²) in [5.41, 5.74) is -0.888. The molecule has 16 heavy (non-hydrogen) atoms. The largest absolute Gasteiger partial charge is 0.406 e. The molecule has 1 atom stereocenters. The van der Waals surface area contributed by atoms with E-state index in [1.54, 1.807) is 31.0 Å². The van der Waals surface area contributed by atoms with Crippen molar-refractivity contribution < 1.29 is 13.2 Å². The molecule has 0 spiro atoms. The maximum atomic E-state index is 12.7. The normalized spacial score (nSPS) is 20.8. The molecule has 1 saturated carbocycles. The highest BCUT2D eigenvalue weighted by Gasteiger charge is 2.63. The van der Waals surface area contributed by atoms with E-state index >= 15 is 0 Å². The number of hydrogen-bond acceptors (Lipinski definition) is 2. The lowest BCUT2D eigenvalue weighted by Crippen LogP contribution is -2.45. The lowest BCUT2D eigenvalue weighted by atomic mass is 10.1. The summed E-state index contributed by atoms with van der Waals surface area (Å²) in [4.78, 5) is 0. The van der Waals surface area contributed by atoms with Crippen molar-refractivity contribution in [3.8, 4) is 0 Å². The number of nitrogens with zero attached hydrogens (tertiary/aromatic N) is 2. The summed E-state index contributed by atoms with van der Waals surface area (Å²) in [6.07, 6.45) is -0.514. The summed E-state index contributed by atoms with van der Waals surface area (Å²) in [6, 6.07) is -0.335. The van der Waals surface area contributed by atoms with Crippen molar-refractivity contribution in [1.82, 2.24) is 15.1 Å². The Morgan fingerprint density at radius 1 is 1.50 bits per heavy atom. The Labute approximate surface area is 91.6 Å². The van der Waals surface area contributed by atoms with Crippen LogP contribution in [-0.2, 0) is 7.05 Å². The lowest BCUT2D eigenvalue weighted by Gasteiger charge is -2.24. The number of alkyl halides is 3. The predicted molar refractivity (Wildman–Crippen MR) is 52.8 cm³/mol. The molecule has 1 heterocycles. The first-order valence-corrected chi connectivity index (χ1v) is 5.17. The van der Waals surface area contributed by atoms with Crippen molar-refractivity contribution in [2.24, 2.45) is 7.05 Å². The molecule has 0 radical (unpaired) electrons. The van der Waals surface area contributed by atoms with Gasteiger partial charge in [0.1, 0.15) is 5.54 Å². The maximum absolute atomic E-state index is 12.7. The van der Waals surface area contributed by atoms with E-state index < -0.39 is 11.7 Å². The molecule has 6 heteroatoms. The second-order valence-electron chi connectivity index (χ2n) is 4.39. The quantitative estimate of drug-likeness (QED) is 0.867. The molecule has 1 fully saturated rings. The SMILES string of the molecule is CC(NC1(C(F)(F)F)CC1)c1cnn(C)c1. The molecule has 0 saturated heterocycles. The maximum Gasteiger partial charge on any atom is 0.406 e. The molecule has 1 unspecified atom stereocenters. The standard InChI is InChI=1S/C10H14F3N3/c1-7(8-5-14-16(2)6-8)15-9(3-4-9)10(11,12)13/h5-7,15H,3-4H2,1-2H3. The molecule has 90 valence electrons. The van der Waals surface area contributed by atoms with Crippen LogP contribution in [0.25, 0.3) is 0 Å². The number of hydrogen-bond donors (Lipinski definition) is 1. The highest BCUT2D eigenvalue weighted by Crippen LogP contribution is 2.50. The smallest absolute Gasteiger partial charge is 0.297 e. The van der Waals surface area contributed by atoms with Gasteiger partial charge in [-0.05, 0) is 19.8 Å². The molecule has 0 bridgehead atoms. The number of aromatic nitrogens is 2. The minimum Gasteiger partial charge on any atom is -0.297 e. The number of halogens is 3. The molecule has 0 amide bonds. The fourth-order valence-corrected chi connectivity index (χ4v) is 1.80. The molecule has 1 aromatic heterocycles. The monoisotopic (exact) mass is 233 g/mol. The average molecular weight is 233 g/mol. The molecular formula is C10H14F3N3. The third-order valence-electron chi connectivity index (χ3n) is 3.01. The Hall–Kier alpha value is -1.04. The number of aryl methyl sites for hydroxylation is 1. The van der Waals surface area contributed by atoms with E-state index in [0.717, 1.165) is 5.56 Å². The first-order chi connectivity index (χ1) is 7.34. The lowest BCUT2D eigenvalue weighted by molar-refractivity contribution is -0.167. The van der Waals surface area contributed by atoms with E-state index in [2.05, 4.69) is 10.4 Å². The Morgan fingerprint density at radius 3 is 2.50 bits per heavy atom. The average Bonchev–Trinajstić information content (AvgIpc) is 2.81. The van der Waals surface area contributed by atoms with Crippen molar-refractivity contribution in [3.63, 3.8) is 0 Å². The Bertz CT molecular complexity index is 379. The predicted octanol–water partition coefficient (Wildman–Crippen LogP) is 2.17. The van der Waals surface area contributed by atoms with Gasteiger partial charge in [-0.15, -0.1) is 0 Å². The summed E-state index contributed by atoms with van der Waals surface area (Å²) in [5, 5.41) is 6.60. The van der Waals surface area contributed by atoms with Gasteiger partial charge in [0.25, 0.3) is 0 Å². The van der Waals surface area contributed by atoms with E-state index in [9.17, 15) is 13.2 Å². The fourth-order valence-electron chi connectivity index (χ4n) is 1.80. The van der Waals surface area contributed by atoms with Gasteiger partial charge >= 0.3 is 6.18 Å². The van der Waals surface area contributed by atoms with Gasteiger partial charge in [-0.25, -0.2) is 0 Å². The van der Waals surface area contributed by atoms with Gasteiger partial charge in [-0.3, -0.25) is 10.00 Å². The van der Waals surface area contributed by atoms with Gasteiger partial charge in [0.15, 0.2) is 0 Å². The molecule has 0 aliphatic heterocycles. The van der Waals surface area contributed by atoms with Crippen LogP contribution in [0.5, 0.6) is 0 Å². The zero-order chi connectivity index (χ0) is 12.0. The minimum absolute atomic E-state index is 0.168. The van der Waals surface area contributed by atoms with Crippen LogP contribution < -0.4 is 5.32 Å². The van der Waals surface area contributed by atoms with Crippen molar-refractivity contribution >= 4 is 0 Å². The minimum atomic E-state index is -4.16. The first-order valence-electron chi connectivity index (χ1n) is 5.17. The van der Waals surface area contributed by atoms with Crippen molar-refractivity contribution in [2.75, 3.05) is 0 Å². The molecule has 2 rings (SSSR count). The Morgan fingerprint density at radius 2 is 2.12 bits per heavy atom. The molecule has 3 nitrogen and oxygen atoms in total. The number of nitrogens with one attached hydrogen (secondary N) is 1. The summed E-state index contributed by atoms with van der Waals surface area (Å²) in [5.74, 6) is 0. The van der Waals surface area contributed by atoms with Crippen molar-refractivity contribution in [3.05, 3.63) is 18.0 Å². The van der Waals surface area contributed by atoms with E-state index in [0.29, 0.717) is 0 Å². The van der Waals surface area contributed by atoms with Crippen LogP contribution in [0.3, 0.4) is 0 Å².